The van der Waals surface area contributed by atoms with Gasteiger partial charge in [0.05, 0.1) is 17.4 Å². The molecular weight excluding hydrogens is 238 g/mol. The van der Waals surface area contributed by atoms with Crippen molar-refractivity contribution in [2.24, 2.45) is 0 Å². The molecule has 2 rings (SSSR count). The summed E-state index contributed by atoms with van der Waals surface area (Å²) in [6, 6.07) is 7.85. The van der Waals surface area contributed by atoms with Gasteiger partial charge >= 0.3 is 0 Å². The van der Waals surface area contributed by atoms with Gasteiger partial charge in [0, 0.05) is 6.04 Å². The molecule has 2 aromatic rings. The van der Waals surface area contributed by atoms with Gasteiger partial charge in [0.2, 0.25) is 0 Å². The van der Waals surface area contributed by atoms with Gasteiger partial charge in [-0.15, -0.1) is 0 Å². The summed E-state index contributed by atoms with van der Waals surface area (Å²) in [5.74, 6) is 0.701. The Hall–Kier alpha value is -1.68. The number of benzene rings is 1. The molecule has 102 valence electrons. The van der Waals surface area contributed by atoms with Crippen molar-refractivity contribution < 1.29 is 0 Å². The Bertz CT molecular complexity index is 591. The lowest BCUT2D eigenvalue weighted by molar-refractivity contribution is 0.487. The Labute approximate surface area is 113 Å². The van der Waals surface area contributed by atoms with E-state index in [1.54, 1.807) is 6.07 Å². The number of fused-ring (bicyclic) bond motifs is 1. The van der Waals surface area contributed by atoms with E-state index in [1.807, 2.05) is 18.2 Å². The fourth-order valence-electron chi connectivity index (χ4n) is 2.10. The molecule has 0 saturated heterocycles. The molecule has 2 N–H and O–H groups in total. The molecule has 0 spiro atoms. The van der Waals surface area contributed by atoms with Gasteiger partial charge in [-0.05, 0) is 25.5 Å². The topological polar surface area (TPSA) is 57.8 Å². The van der Waals surface area contributed by atoms with E-state index in [9.17, 15) is 4.79 Å². The normalized spacial score (nSPS) is 12.7. The summed E-state index contributed by atoms with van der Waals surface area (Å²) < 4.78 is 0. The molecule has 0 radical (unpaired) electrons. The Morgan fingerprint density at radius 3 is 2.95 bits per heavy atom. The van der Waals surface area contributed by atoms with Crippen LogP contribution in [0, 0.1) is 0 Å². The average Bonchev–Trinajstić information content (AvgIpc) is 2.43. The smallest absolute Gasteiger partial charge is 0.258 e. The minimum atomic E-state index is -0.0661. The van der Waals surface area contributed by atoms with Crippen LogP contribution in [-0.2, 0) is 6.54 Å². The standard InChI is InChI=1S/C15H21N3O/c1-3-4-7-11(2)16-10-14-17-13-9-6-5-8-12(13)15(19)18-14/h5-6,8-9,11,16H,3-4,7,10H2,1-2H3,(H,17,18,19). The summed E-state index contributed by atoms with van der Waals surface area (Å²) in [6.07, 6.45) is 3.57. The number of aromatic amines is 1. The predicted octanol–water partition coefficient (Wildman–Crippen LogP) is 2.59. The summed E-state index contributed by atoms with van der Waals surface area (Å²) in [4.78, 5) is 19.2. The molecule has 0 fully saturated rings. The number of para-hydroxylation sites is 1. The lowest BCUT2D eigenvalue weighted by Crippen LogP contribution is -2.27. The summed E-state index contributed by atoms with van der Waals surface area (Å²) in [7, 11) is 0. The molecule has 0 saturated carbocycles. The van der Waals surface area contributed by atoms with Crippen LogP contribution in [0.3, 0.4) is 0 Å². The first-order chi connectivity index (χ1) is 9.20. The Kier molecular flexibility index (Phi) is 4.68. The van der Waals surface area contributed by atoms with Crippen molar-refractivity contribution in [3.8, 4) is 0 Å². The van der Waals surface area contributed by atoms with Crippen LogP contribution < -0.4 is 10.9 Å². The third-order valence-corrected chi connectivity index (χ3v) is 3.27. The van der Waals surface area contributed by atoms with Crippen molar-refractivity contribution in [1.29, 1.82) is 0 Å². The van der Waals surface area contributed by atoms with Crippen molar-refractivity contribution in [1.82, 2.24) is 15.3 Å². The predicted molar refractivity (Wildman–Crippen MR) is 78.2 cm³/mol. The van der Waals surface area contributed by atoms with E-state index in [0.29, 0.717) is 23.8 Å². The third kappa shape index (κ3) is 3.64. The van der Waals surface area contributed by atoms with Gasteiger partial charge in [-0.1, -0.05) is 31.9 Å². The van der Waals surface area contributed by atoms with E-state index >= 15 is 0 Å². The number of hydrogen-bond acceptors (Lipinski definition) is 3. The van der Waals surface area contributed by atoms with Gasteiger partial charge < -0.3 is 10.3 Å². The third-order valence-electron chi connectivity index (χ3n) is 3.27. The molecule has 19 heavy (non-hydrogen) atoms. The maximum atomic E-state index is 11.9. The zero-order chi connectivity index (χ0) is 13.7. The van der Waals surface area contributed by atoms with E-state index < -0.39 is 0 Å². The number of aromatic nitrogens is 2. The zero-order valence-corrected chi connectivity index (χ0v) is 11.6. The van der Waals surface area contributed by atoms with E-state index in [2.05, 4.69) is 29.1 Å². The first-order valence-corrected chi connectivity index (χ1v) is 6.92. The van der Waals surface area contributed by atoms with Crippen LogP contribution in [0.4, 0.5) is 0 Å². The number of rotatable bonds is 6. The van der Waals surface area contributed by atoms with Crippen molar-refractivity contribution >= 4 is 10.9 Å². The molecule has 4 nitrogen and oxygen atoms in total. The average molecular weight is 259 g/mol. The van der Waals surface area contributed by atoms with Crippen molar-refractivity contribution in [3.05, 3.63) is 40.4 Å². The quantitative estimate of drug-likeness (QED) is 0.838. The van der Waals surface area contributed by atoms with Crippen molar-refractivity contribution in [2.45, 2.75) is 45.7 Å². The molecule has 0 aliphatic carbocycles. The largest absolute Gasteiger partial charge is 0.309 e. The van der Waals surface area contributed by atoms with Gasteiger partial charge in [-0.3, -0.25) is 4.79 Å². The van der Waals surface area contributed by atoms with E-state index in [1.165, 1.54) is 12.8 Å². The van der Waals surface area contributed by atoms with E-state index in [-0.39, 0.29) is 5.56 Å². The minimum Gasteiger partial charge on any atom is -0.309 e. The number of nitrogens with zero attached hydrogens (tertiary/aromatic N) is 1. The Balaban J connectivity index is 2.07. The van der Waals surface area contributed by atoms with Gasteiger partial charge in [0.15, 0.2) is 0 Å². The molecule has 0 aliphatic rings. The lowest BCUT2D eigenvalue weighted by atomic mass is 10.1. The Morgan fingerprint density at radius 1 is 1.37 bits per heavy atom. The summed E-state index contributed by atoms with van der Waals surface area (Å²) in [5, 5.41) is 4.04. The second-order valence-corrected chi connectivity index (χ2v) is 4.95. The maximum absolute atomic E-state index is 11.9. The van der Waals surface area contributed by atoms with Crippen molar-refractivity contribution in [3.63, 3.8) is 0 Å². The molecule has 0 aliphatic heterocycles. The van der Waals surface area contributed by atoms with Crippen LogP contribution in [0.1, 0.15) is 38.9 Å². The molecule has 0 amide bonds. The summed E-state index contributed by atoms with van der Waals surface area (Å²) >= 11 is 0. The molecule has 4 heteroatoms. The molecule has 1 aromatic carbocycles. The highest BCUT2D eigenvalue weighted by Crippen LogP contribution is 2.06. The van der Waals surface area contributed by atoms with Crippen LogP contribution in [0.25, 0.3) is 10.9 Å². The second kappa shape index (κ2) is 6.48. The Morgan fingerprint density at radius 2 is 2.16 bits per heavy atom. The monoisotopic (exact) mass is 259 g/mol. The second-order valence-electron chi connectivity index (χ2n) is 4.95. The zero-order valence-electron chi connectivity index (χ0n) is 11.6. The highest BCUT2D eigenvalue weighted by Gasteiger charge is 2.05. The van der Waals surface area contributed by atoms with Crippen LogP contribution in [-0.4, -0.2) is 16.0 Å². The number of H-pyrrole nitrogens is 1. The van der Waals surface area contributed by atoms with Crippen LogP contribution in [0.5, 0.6) is 0 Å². The first-order valence-electron chi connectivity index (χ1n) is 6.92. The molecule has 1 aromatic heterocycles. The maximum Gasteiger partial charge on any atom is 0.258 e. The van der Waals surface area contributed by atoms with Gasteiger partial charge in [0.1, 0.15) is 5.82 Å². The first kappa shape index (κ1) is 13.7. The fourth-order valence-corrected chi connectivity index (χ4v) is 2.10. The van der Waals surface area contributed by atoms with Crippen LogP contribution >= 0.6 is 0 Å². The van der Waals surface area contributed by atoms with Crippen LogP contribution in [0.2, 0.25) is 0 Å². The summed E-state index contributed by atoms with van der Waals surface area (Å²) in [6.45, 7) is 4.95. The molecule has 0 bridgehead atoms. The SMILES string of the molecule is CCCCC(C)NCc1nc2ccccc2c(=O)[nH]1. The molecule has 1 atom stereocenters. The lowest BCUT2D eigenvalue weighted by Gasteiger charge is -2.12. The van der Waals surface area contributed by atoms with Crippen molar-refractivity contribution in [2.75, 3.05) is 0 Å². The highest BCUT2D eigenvalue weighted by atomic mass is 16.1. The van der Waals surface area contributed by atoms with Crippen LogP contribution in [0.15, 0.2) is 29.1 Å². The van der Waals surface area contributed by atoms with Gasteiger partial charge in [0.25, 0.3) is 5.56 Å². The van der Waals surface area contributed by atoms with Gasteiger partial charge in [-0.25, -0.2) is 4.98 Å². The molecule has 1 unspecified atom stereocenters. The minimum absolute atomic E-state index is 0.0661. The molecule has 1 heterocycles. The molecular formula is C15H21N3O. The van der Waals surface area contributed by atoms with Gasteiger partial charge in [-0.2, -0.15) is 0 Å². The number of nitrogens with one attached hydrogen (secondary N) is 2. The summed E-state index contributed by atoms with van der Waals surface area (Å²) in [5.41, 5.74) is 0.688. The van der Waals surface area contributed by atoms with E-state index in [0.717, 1.165) is 11.9 Å². The van der Waals surface area contributed by atoms with E-state index in [4.69, 9.17) is 0 Å². The highest BCUT2D eigenvalue weighted by molar-refractivity contribution is 5.77. The fraction of sp³-hybridized carbons (Fsp3) is 0.467. The number of unbranched alkanes of at least 4 members (excludes halogenated alkanes) is 1. The number of hydrogen-bond donors (Lipinski definition) is 2.